The van der Waals surface area contributed by atoms with Gasteiger partial charge in [-0.15, -0.1) is 0 Å². The summed E-state index contributed by atoms with van der Waals surface area (Å²) in [5, 5.41) is 4.17. The van der Waals surface area contributed by atoms with Gasteiger partial charge in [0.15, 0.2) is 5.76 Å². The maximum absolute atomic E-state index is 12.3. The second-order valence-electron chi connectivity index (χ2n) is 5.73. The predicted octanol–water partition coefficient (Wildman–Crippen LogP) is 2.24. The molecule has 1 amide bonds. The van der Waals surface area contributed by atoms with Crippen molar-refractivity contribution in [2.24, 2.45) is 0 Å². The molecule has 8 heteroatoms. The number of fused-ring (bicyclic) bond motifs is 1. The molecule has 1 fully saturated rings. The van der Waals surface area contributed by atoms with E-state index in [0.717, 1.165) is 11.8 Å². The van der Waals surface area contributed by atoms with Crippen LogP contribution in [0.2, 0.25) is 5.02 Å². The van der Waals surface area contributed by atoms with Gasteiger partial charge in [0.2, 0.25) is 10.0 Å². The van der Waals surface area contributed by atoms with Gasteiger partial charge in [-0.25, -0.2) is 12.7 Å². The number of furan rings is 1. The SMILES string of the molecule is CS(=O)(=O)N1CCCC(NC(=O)c2cc3cc(Cl)ccc3o2)C1. The highest BCUT2D eigenvalue weighted by Gasteiger charge is 2.27. The molecule has 1 atom stereocenters. The molecule has 0 spiro atoms. The van der Waals surface area contributed by atoms with Crippen LogP contribution in [-0.2, 0) is 10.0 Å². The minimum atomic E-state index is -3.24. The number of hydrogen-bond donors (Lipinski definition) is 1. The first-order valence-corrected chi connectivity index (χ1v) is 9.50. The summed E-state index contributed by atoms with van der Waals surface area (Å²) in [6.07, 6.45) is 2.64. The zero-order valence-corrected chi connectivity index (χ0v) is 14.2. The topological polar surface area (TPSA) is 79.6 Å². The normalized spacial score (nSPS) is 19.8. The van der Waals surface area contributed by atoms with Crippen LogP contribution in [0.5, 0.6) is 0 Å². The maximum Gasteiger partial charge on any atom is 0.287 e. The van der Waals surface area contributed by atoms with Gasteiger partial charge in [0, 0.05) is 29.5 Å². The fourth-order valence-electron chi connectivity index (χ4n) is 2.74. The first kappa shape index (κ1) is 16.3. The molecule has 23 heavy (non-hydrogen) atoms. The summed E-state index contributed by atoms with van der Waals surface area (Å²) in [4.78, 5) is 12.3. The number of amides is 1. The van der Waals surface area contributed by atoms with Gasteiger partial charge in [0.25, 0.3) is 5.91 Å². The number of halogens is 1. The summed E-state index contributed by atoms with van der Waals surface area (Å²) in [6.45, 7) is 0.783. The Kier molecular flexibility index (Phi) is 4.35. The van der Waals surface area contributed by atoms with Gasteiger partial charge in [0.05, 0.1) is 6.26 Å². The molecule has 6 nitrogen and oxygen atoms in total. The molecule has 1 N–H and O–H groups in total. The summed E-state index contributed by atoms with van der Waals surface area (Å²) in [7, 11) is -3.24. The number of carbonyl (C=O) groups excluding carboxylic acids is 1. The quantitative estimate of drug-likeness (QED) is 0.914. The second kappa shape index (κ2) is 6.14. The van der Waals surface area contributed by atoms with E-state index in [4.69, 9.17) is 16.0 Å². The number of rotatable bonds is 3. The fourth-order valence-corrected chi connectivity index (χ4v) is 3.84. The van der Waals surface area contributed by atoms with Crippen molar-refractivity contribution in [2.75, 3.05) is 19.3 Å². The summed E-state index contributed by atoms with van der Waals surface area (Å²) >= 11 is 5.92. The maximum atomic E-state index is 12.3. The first-order chi connectivity index (χ1) is 10.8. The van der Waals surface area contributed by atoms with Gasteiger partial charge in [0.1, 0.15) is 5.58 Å². The number of nitrogens with one attached hydrogen (secondary N) is 1. The molecule has 2 aromatic rings. The third-order valence-corrected chi connectivity index (χ3v) is 5.40. The summed E-state index contributed by atoms with van der Waals surface area (Å²) in [6, 6.07) is 6.54. The monoisotopic (exact) mass is 356 g/mol. The lowest BCUT2D eigenvalue weighted by molar-refractivity contribution is 0.0895. The summed E-state index contributed by atoms with van der Waals surface area (Å²) in [5.41, 5.74) is 0.584. The average Bonchev–Trinajstić information content (AvgIpc) is 2.90. The largest absolute Gasteiger partial charge is 0.451 e. The Labute approximate surface area is 139 Å². The molecule has 3 rings (SSSR count). The van der Waals surface area contributed by atoms with Crippen molar-refractivity contribution < 1.29 is 17.6 Å². The number of carbonyl (C=O) groups is 1. The van der Waals surface area contributed by atoms with E-state index in [9.17, 15) is 13.2 Å². The second-order valence-corrected chi connectivity index (χ2v) is 8.15. The lowest BCUT2D eigenvalue weighted by Crippen LogP contribution is -2.49. The Balaban J connectivity index is 1.72. The molecule has 0 radical (unpaired) electrons. The van der Waals surface area contributed by atoms with E-state index in [0.29, 0.717) is 23.6 Å². The third-order valence-electron chi connectivity index (χ3n) is 3.89. The number of sulfonamides is 1. The smallest absolute Gasteiger partial charge is 0.287 e. The van der Waals surface area contributed by atoms with Crippen molar-refractivity contribution in [2.45, 2.75) is 18.9 Å². The highest BCUT2D eigenvalue weighted by atomic mass is 35.5. The highest BCUT2D eigenvalue weighted by Crippen LogP contribution is 2.23. The van der Waals surface area contributed by atoms with Crippen molar-refractivity contribution in [3.05, 3.63) is 35.0 Å². The zero-order valence-electron chi connectivity index (χ0n) is 12.6. The van der Waals surface area contributed by atoms with E-state index in [1.54, 1.807) is 24.3 Å². The van der Waals surface area contributed by atoms with Crippen molar-refractivity contribution in [1.29, 1.82) is 0 Å². The van der Waals surface area contributed by atoms with E-state index < -0.39 is 10.0 Å². The Morgan fingerprint density at radius 1 is 1.39 bits per heavy atom. The van der Waals surface area contributed by atoms with Crippen LogP contribution in [0.3, 0.4) is 0 Å². The summed E-state index contributed by atoms with van der Waals surface area (Å²) < 4.78 is 30.1. The summed E-state index contributed by atoms with van der Waals surface area (Å²) in [5.74, 6) is -0.156. The predicted molar refractivity (Wildman–Crippen MR) is 88.1 cm³/mol. The lowest BCUT2D eigenvalue weighted by Gasteiger charge is -2.31. The Morgan fingerprint density at radius 3 is 2.91 bits per heavy atom. The number of nitrogens with zero attached hydrogens (tertiary/aromatic N) is 1. The van der Waals surface area contributed by atoms with Crippen LogP contribution in [0.1, 0.15) is 23.4 Å². The van der Waals surface area contributed by atoms with E-state index in [1.807, 2.05) is 0 Å². The molecule has 1 aromatic heterocycles. The fraction of sp³-hybridized carbons (Fsp3) is 0.400. The van der Waals surface area contributed by atoms with Gasteiger partial charge in [-0.3, -0.25) is 4.79 Å². The van der Waals surface area contributed by atoms with E-state index in [1.165, 1.54) is 10.6 Å². The van der Waals surface area contributed by atoms with Crippen molar-refractivity contribution in [1.82, 2.24) is 9.62 Å². The molecule has 124 valence electrons. The van der Waals surface area contributed by atoms with Gasteiger partial charge < -0.3 is 9.73 Å². The van der Waals surface area contributed by atoms with Gasteiger partial charge in [-0.1, -0.05) is 11.6 Å². The van der Waals surface area contributed by atoms with Gasteiger partial charge in [-0.05, 0) is 37.1 Å². The van der Waals surface area contributed by atoms with Gasteiger partial charge >= 0.3 is 0 Å². The van der Waals surface area contributed by atoms with Crippen LogP contribution in [-0.4, -0.2) is 44.0 Å². The van der Waals surface area contributed by atoms with Crippen LogP contribution in [0, 0.1) is 0 Å². The Morgan fingerprint density at radius 2 is 2.17 bits per heavy atom. The van der Waals surface area contributed by atoms with Crippen LogP contribution in [0.15, 0.2) is 28.7 Å². The molecule has 2 heterocycles. The molecule has 1 aromatic carbocycles. The van der Waals surface area contributed by atoms with E-state index >= 15 is 0 Å². The van der Waals surface area contributed by atoms with E-state index in [2.05, 4.69) is 5.32 Å². The number of benzene rings is 1. The Hall–Kier alpha value is -1.57. The zero-order chi connectivity index (χ0) is 16.6. The standard InChI is InChI=1S/C15H17ClN2O4S/c1-23(20,21)18-6-2-3-12(9-18)17-15(19)14-8-10-7-11(16)4-5-13(10)22-14/h4-5,7-8,12H,2-3,6,9H2,1H3,(H,17,19). The first-order valence-electron chi connectivity index (χ1n) is 7.28. The van der Waals surface area contributed by atoms with Crippen molar-refractivity contribution >= 4 is 38.5 Å². The molecular formula is C15H17ClN2O4S. The molecular weight excluding hydrogens is 340 g/mol. The minimum absolute atomic E-state index is 0.193. The Bertz CT molecular complexity index is 846. The lowest BCUT2D eigenvalue weighted by atomic mass is 10.1. The molecule has 0 aliphatic carbocycles. The van der Waals surface area contributed by atoms with Crippen molar-refractivity contribution in [3.8, 4) is 0 Å². The molecule has 0 saturated carbocycles. The number of piperidine rings is 1. The molecule has 1 aliphatic heterocycles. The minimum Gasteiger partial charge on any atom is -0.451 e. The molecule has 0 bridgehead atoms. The van der Waals surface area contributed by atoms with Crippen LogP contribution in [0.4, 0.5) is 0 Å². The number of hydrogen-bond acceptors (Lipinski definition) is 4. The molecule has 1 unspecified atom stereocenters. The van der Waals surface area contributed by atoms with Crippen molar-refractivity contribution in [3.63, 3.8) is 0 Å². The van der Waals surface area contributed by atoms with Gasteiger partial charge in [-0.2, -0.15) is 0 Å². The van der Waals surface area contributed by atoms with Crippen LogP contribution in [0.25, 0.3) is 11.0 Å². The third kappa shape index (κ3) is 3.68. The van der Waals surface area contributed by atoms with Crippen LogP contribution >= 0.6 is 11.6 Å². The average molecular weight is 357 g/mol. The van der Waals surface area contributed by atoms with E-state index in [-0.39, 0.29) is 24.3 Å². The van der Waals surface area contributed by atoms with Crippen LogP contribution < -0.4 is 5.32 Å². The molecule has 1 aliphatic rings. The molecule has 1 saturated heterocycles. The highest BCUT2D eigenvalue weighted by molar-refractivity contribution is 7.88.